The number of carbonyl (C=O) groups is 2. The minimum absolute atomic E-state index is 0.0167. The first kappa shape index (κ1) is 24.5. The average Bonchev–Trinajstić information content (AvgIpc) is 2.67. The van der Waals surface area contributed by atoms with Crippen LogP contribution in [0.15, 0.2) is 52.4 Å². The van der Waals surface area contributed by atoms with Crippen LogP contribution in [0.2, 0.25) is 0 Å². The van der Waals surface area contributed by atoms with Crippen molar-refractivity contribution in [3.63, 3.8) is 0 Å². The zero-order chi connectivity index (χ0) is 22.3. The number of carbonyl (C=O) groups excluding carboxylic acids is 2. The Kier molecular flexibility index (Phi) is 9.46. The molecule has 158 valence electrons. The van der Waals surface area contributed by atoms with Crippen molar-refractivity contribution in [3.05, 3.63) is 53.3 Å². The SMILES string of the molecule is O=C(CCC(=O)N/N=C\c1cc(Br)cc(Br)c1O)N/N=C\c1cc(Br)cc(Br)c1O. The van der Waals surface area contributed by atoms with E-state index in [1.165, 1.54) is 12.4 Å². The van der Waals surface area contributed by atoms with Crippen LogP contribution >= 0.6 is 63.7 Å². The summed E-state index contributed by atoms with van der Waals surface area (Å²) in [5, 5.41) is 27.4. The van der Waals surface area contributed by atoms with Crippen molar-refractivity contribution in [2.24, 2.45) is 10.2 Å². The van der Waals surface area contributed by atoms with Crippen LogP contribution in [0.1, 0.15) is 24.0 Å². The van der Waals surface area contributed by atoms with Gasteiger partial charge in [0.1, 0.15) is 11.5 Å². The summed E-state index contributed by atoms with van der Waals surface area (Å²) < 4.78 is 2.40. The average molecular weight is 670 g/mol. The number of hydrazone groups is 2. The van der Waals surface area contributed by atoms with Gasteiger partial charge in [0.05, 0.1) is 21.4 Å². The Morgan fingerprint density at radius 3 is 1.50 bits per heavy atom. The van der Waals surface area contributed by atoms with Gasteiger partial charge in [-0.05, 0) is 56.1 Å². The van der Waals surface area contributed by atoms with Crippen molar-refractivity contribution < 1.29 is 19.8 Å². The highest BCUT2D eigenvalue weighted by molar-refractivity contribution is 9.11. The van der Waals surface area contributed by atoms with E-state index in [9.17, 15) is 19.8 Å². The Morgan fingerprint density at radius 1 is 0.767 bits per heavy atom. The second-order valence-electron chi connectivity index (χ2n) is 5.74. The highest BCUT2D eigenvalue weighted by atomic mass is 79.9. The Bertz CT molecular complexity index is 946. The first-order chi connectivity index (χ1) is 14.2. The maximum atomic E-state index is 11.8. The molecule has 2 rings (SSSR count). The molecule has 2 amide bonds. The lowest BCUT2D eigenvalue weighted by Crippen LogP contribution is -2.22. The predicted octanol–water partition coefficient (Wildman–Crippen LogP) is 4.53. The van der Waals surface area contributed by atoms with Crippen molar-refractivity contribution in [1.82, 2.24) is 10.9 Å². The number of hydrogen-bond acceptors (Lipinski definition) is 6. The molecule has 8 nitrogen and oxygen atoms in total. The van der Waals surface area contributed by atoms with Gasteiger partial charge in [-0.1, -0.05) is 31.9 Å². The number of amides is 2. The number of phenolic OH excluding ortho intramolecular Hbond substituents is 2. The smallest absolute Gasteiger partial charge is 0.240 e. The monoisotopic (exact) mass is 666 g/mol. The maximum absolute atomic E-state index is 11.8. The first-order valence-electron chi connectivity index (χ1n) is 8.17. The van der Waals surface area contributed by atoms with Gasteiger partial charge >= 0.3 is 0 Å². The number of rotatable bonds is 7. The van der Waals surface area contributed by atoms with Gasteiger partial charge in [0.2, 0.25) is 11.8 Å². The molecule has 0 fully saturated rings. The zero-order valence-electron chi connectivity index (χ0n) is 15.0. The largest absolute Gasteiger partial charge is 0.506 e. The topological polar surface area (TPSA) is 123 Å². The molecule has 12 heteroatoms. The number of halogens is 4. The van der Waals surface area contributed by atoms with Crippen LogP contribution < -0.4 is 10.9 Å². The van der Waals surface area contributed by atoms with E-state index < -0.39 is 11.8 Å². The Morgan fingerprint density at radius 2 is 1.13 bits per heavy atom. The molecule has 0 unspecified atom stereocenters. The van der Waals surface area contributed by atoms with Gasteiger partial charge in [-0.2, -0.15) is 10.2 Å². The third-order valence-corrected chi connectivity index (χ3v) is 5.60. The number of nitrogens with one attached hydrogen (secondary N) is 2. The summed E-state index contributed by atoms with van der Waals surface area (Å²) in [5.41, 5.74) is 5.35. The molecular formula is C18H14Br4N4O4. The van der Waals surface area contributed by atoms with Crippen molar-refractivity contribution in [2.75, 3.05) is 0 Å². The molecule has 0 atom stereocenters. The second-order valence-corrected chi connectivity index (χ2v) is 9.28. The molecule has 0 aliphatic heterocycles. The van der Waals surface area contributed by atoms with E-state index in [2.05, 4.69) is 84.8 Å². The van der Waals surface area contributed by atoms with E-state index in [1.807, 2.05) is 0 Å². The minimum Gasteiger partial charge on any atom is -0.506 e. The van der Waals surface area contributed by atoms with Crippen molar-refractivity contribution in [1.29, 1.82) is 0 Å². The van der Waals surface area contributed by atoms with Crippen LogP contribution in [0.25, 0.3) is 0 Å². The number of phenols is 2. The molecule has 0 radical (unpaired) electrons. The summed E-state index contributed by atoms with van der Waals surface area (Å²) in [7, 11) is 0. The van der Waals surface area contributed by atoms with Gasteiger partial charge in [-0.3, -0.25) is 9.59 Å². The number of hydrogen-bond donors (Lipinski definition) is 4. The van der Waals surface area contributed by atoms with Crippen LogP contribution in [-0.4, -0.2) is 34.5 Å². The molecule has 2 aromatic rings. The minimum atomic E-state index is -0.479. The van der Waals surface area contributed by atoms with E-state index in [0.29, 0.717) is 20.1 Å². The second kappa shape index (κ2) is 11.6. The van der Waals surface area contributed by atoms with Crippen LogP contribution in [0.5, 0.6) is 11.5 Å². The molecule has 0 spiro atoms. The van der Waals surface area contributed by atoms with E-state index in [0.717, 1.165) is 8.95 Å². The van der Waals surface area contributed by atoms with Gasteiger partial charge in [-0.25, -0.2) is 10.9 Å². The molecule has 4 N–H and O–H groups in total. The molecular weight excluding hydrogens is 656 g/mol. The predicted molar refractivity (Wildman–Crippen MR) is 128 cm³/mol. The number of benzene rings is 2. The Hall–Kier alpha value is -1.76. The fourth-order valence-corrected chi connectivity index (χ4v) is 4.57. The summed E-state index contributed by atoms with van der Waals surface area (Å²) in [6.45, 7) is 0. The molecule has 0 aliphatic carbocycles. The summed E-state index contributed by atoms with van der Waals surface area (Å²) in [4.78, 5) is 23.6. The van der Waals surface area contributed by atoms with Crippen LogP contribution in [0.4, 0.5) is 0 Å². The van der Waals surface area contributed by atoms with Crippen molar-refractivity contribution >= 4 is 88.0 Å². The standard InChI is InChI=1S/C18H14Br4N4O4/c19-11-3-9(17(29)13(21)5-11)7-23-25-15(27)1-2-16(28)26-24-8-10-4-12(20)6-14(22)18(10)30/h3-8,29-30H,1-2H2,(H,25,27)(H,26,28)/b23-7-,24-8-. The van der Waals surface area contributed by atoms with E-state index in [1.54, 1.807) is 24.3 Å². The fraction of sp³-hybridized carbons (Fsp3) is 0.111. The third kappa shape index (κ3) is 7.49. The summed E-state index contributed by atoms with van der Waals surface area (Å²) >= 11 is 13.0. The zero-order valence-corrected chi connectivity index (χ0v) is 21.3. The molecule has 0 aromatic heterocycles. The van der Waals surface area contributed by atoms with Crippen molar-refractivity contribution in [3.8, 4) is 11.5 Å². The summed E-state index contributed by atoms with van der Waals surface area (Å²) in [5.74, 6) is -0.992. The lowest BCUT2D eigenvalue weighted by atomic mass is 10.2. The molecule has 0 saturated carbocycles. The van der Waals surface area contributed by atoms with E-state index in [-0.39, 0.29) is 24.3 Å². The van der Waals surface area contributed by atoms with Crippen LogP contribution in [0.3, 0.4) is 0 Å². The van der Waals surface area contributed by atoms with Gasteiger partial charge in [-0.15, -0.1) is 0 Å². The number of aromatic hydroxyl groups is 2. The van der Waals surface area contributed by atoms with Gasteiger partial charge in [0.15, 0.2) is 0 Å². The molecule has 2 aromatic carbocycles. The number of nitrogens with zero attached hydrogens (tertiary/aromatic N) is 2. The Balaban J connectivity index is 1.80. The maximum Gasteiger partial charge on any atom is 0.240 e. The summed E-state index contributed by atoms with van der Waals surface area (Å²) in [6.07, 6.45) is 2.35. The Labute approximate surface area is 205 Å². The highest BCUT2D eigenvalue weighted by Crippen LogP contribution is 2.31. The fourth-order valence-electron chi connectivity index (χ4n) is 2.06. The molecule has 0 saturated heterocycles. The van der Waals surface area contributed by atoms with Gasteiger partial charge in [0.25, 0.3) is 0 Å². The van der Waals surface area contributed by atoms with Gasteiger partial charge < -0.3 is 10.2 Å². The van der Waals surface area contributed by atoms with E-state index >= 15 is 0 Å². The van der Waals surface area contributed by atoms with Gasteiger partial charge in [0, 0.05) is 32.9 Å². The van der Waals surface area contributed by atoms with Crippen LogP contribution in [-0.2, 0) is 9.59 Å². The molecule has 0 bridgehead atoms. The first-order valence-corrected chi connectivity index (χ1v) is 11.3. The molecule has 0 heterocycles. The van der Waals surface area contributed by atoms with E-state index in [4.69, 9.17) is 0 Å². The quantitative estimate of drug-likeness (QED) is 0.256. The third-order valence-electron chi connectivity index (χ3n) is 3.48. The highest BCUT2D eigenvalue weighted by Gasteiger charge is 2.08. The van der Waals surface area contributed by atoms with Crippen molar-refractivity contribution in [2.45, 2.75) is 12.8 Å². The normalized spacial score (nSPS) is 11.2. The molecule has 30 heavy (non-hydrogen) atoms. The lowest BCUT2D eigenvalue weighted by Gasteiger charge is -2.04. The lowest BCUT2D eigenvalue weighted by molar-refractivity contribution is -0.126. The molecule has 0 aliphatic rings. The van der Waals surface area contributed by atoms with Crippen LogP contribution in [0, 0.1) is 0 Å². The summed E-state index contributed by atoms with van der Waals surface area (Å²) in [6, 6.07) is 6.60.